The second-order valence-electron chi connectivity index (χ2n) is 13.5. The van der Waals surface area contributed by atoms with Gasteiger partial charge in [-0.05, 0) is 77.6 Å². The fourth-order valence-electron chi connectivity index (χ4n) is 7.52. The van der Waals surface area contributed by atoms with Crippen molar-refractivity contribution in [3.05, 3.63) is 85.1 Å². The maximum absolute atomic E-state index is 13.5. The van der Waals surface area contributed by atoms with Crippen LogP contribution in [0.2, 0.25) is 0 Å². The number of amides is 3. The monoisotopic (exact) mass is 745 g/mol. The van der Waals surface area contributed by atoms with Crippen molar-refractivity contribution in [1.29, 1.82) is 0 Å². The number of nitrogens with one attached hydrogen (secondary N) is 2. The highest BCUT2D eigenvalue weighted by Crippen LogP contribution is 2.30. The zero-order valence-corrected chi connectivity index (χ0v) is 29.9. The molecule has 262 valence electrons. The molecule has 2 N–H and O–H groups in total. The first kappa shape index (κ1) is 33.7. The fraction of sp³-hybridized carbons (Fsp3) is 0.429. The van der Waals surface area contributed by atoms with Crippen molar-refractivity contribution in [3.63, 3.8) is 0 Å². The van der Waals surface area contributed by atoms with E-state index in [0.717, 1.165) is 25.2 Å². The van der Waals surface area contributed by atoms with Gasteiger partial charge in [0.2, 0.25) is 11.8 Å². The number of benzene rings is 2. The normalized spacial score (nSPS) is 21.8. The van der Waals surface area contributed by atoms with Gasteiger partial charge in [-0.15, -0.1) is 0 Å². The average molecular weight is 747 g/mol. The fourth-order valence-corrected chi connectivity index (χ4v) is 8.00. The number of carbonyl (C=O) groups excluding carboxylic acids is 3. The number of hydrogen-bond acceptors (Lipinski definition) is 9. The Morgan fingerprint density at radius 1 is 0.940 bits per heavy atom. The van der Waals surface area contributed by atoms with Crippen molar-refractivity contribution in [1.82, 2.24) is 34.0 Å². The molecule has 50 heavy (non-hydrogen) atoms. The second-order valence-corrected chi connectivity index (χ2v) is 14.3. The number of halogens is 1. The van der Waals surface area contributed by atoms with Crippen LogP contribution in [0, 0.1) is 0 Å². The van der Waals surface area contributed by atoms with Gasteiger partial charge in [0.15, 0.2) is 0 Å². The van der Waals surface area contributed by atoms with E-state index in [4.69, 9.17) is 0 Å². The van der Waals surface area contributed by atoms with Crippen molar-refractivity contribution in [3.8, 4) is 0 Å². The summed E-state index contributed by atoms with van der Waals surface area (Å²) < 4.78 is 4.79. The minimum atomic E-state index is -0.728. The molecule has 15 heteroatoms. The largest absolute Gasteiger partial charge is 0.379 e. The van der Waals surface area contributed by atoms with Gasteiger partial charge in [-0.2, -0.15) is 5.10 Å². The van der Waals surface area contributed by atoms with E-state index in [1.54, 1.807) is 20.3 Å². The molecule has 0 bridgehead atoms. The van der Waals surface area contributed by atoms with E-state index in [-0.39, 0.29) is 47.9 Å². The Morgan fingerprint density at radius 2 is 1.68 bits per heavy atom. The molecule has 3 fully saturated rings. The van der Waals surface area contributed by atoms with Crippen molar-refractivity contribution < 1.29 is 14.4 Å². The number of piperazine rings is 1. The summed E-state index contributed by atoms with van der Waals surface area (Å²) in [4.78, 5) is 69.6. The van der Waals surface area contributed by atoms with Crippen LogP contribution in [-0.2, 0) is 23.7 Å². The van der Waals surface area contributed by atoms with Crippen LogP contribution in [0.15, 0.2) is 62.7 Å². The summed E-state index contributed by atoms with van der Waals surface area (Å²) in [6.07, 6.45) is 3.02. The molecule has 14 nitrogen and oxygen atoms in total. The van der Waals surface area contributed by atoms with E-state index in [9.17, 15) is 24.0 Å². The number of imide groups is 1. The molecule has 3 saturated heterocycles. The van der Waals surface area contributed by atoms with E-state index in [2.05, 4.69) is 60.6 Å². The van der Waals surface area contributed by atoms with Crippen molar-refractivity contribution in [2.45, 2.75) is 37.3 Å². The minimum Gasteiger partial charge on any atom is -0.379 e. The van der Waals surface area contributed by atoms with Gasteiger partial charge in [0.25, 0.3) is 11.5 Å². The van der Waals surface area contributed by atoms with Crippen LogP contribution in [0.4, 0.5) is 11.4 Å². The Balaban J connectivity index is 0.984. The van der Waals surface area contributed by atoms with E-state index < -0.39 is 11.9 Å². The summed E-state index contributed by atoms with van der Waals surface area (Å²) in [5.74, 6) is -0.518. The topological polar surface area (TPSA) is 147 Å². The van der Waals surface area contributed by atoms with Crippen LogP contribution in [0.1, 0.15) is 47.1 Å². The van der Waals surface area contributed by atoms with Gasteiger partial charge in [-0.1, -0.05) is 12.1 Å². The van der Waals surface area contributed by atoms with Crippen LogP contribution < -0.4 is 26.8 Å². The number of fused-ring (bicyclic) bond motifs is 1. The molecule has 2 unspecified atom stereocenters. The summed E-state index contributed by atoms with van der Waals surface area (Å²) in [6, 6.07) is 13.1. The van der Waals surface area contributed by atoms with Crippen LogP contribution in [0.25, 0.3) is 11.0 Å². The van der Waals surface area contributed by atoms with Gasteiger partial charge in [0.1, 0.15) is 10.5 Å². The molecule has 0 radical (unpaired) electrons. The number of piperidine rings is 2. The standard InChI is InChI=1S/C35H40BrN9O5/c1-40-19-23(16-24(20-40)38-26-18-37-42(3)34(49)31(26)36)21-4-6-22(7-5-21)33(48)44-14-12-43(13-15-44)25-8-9-27-29(17-25)41(2)35(50)45(27)28-10-11-30(46)39-32(28)47/h4-9,17-18,23-24,28,38H,10-16,19-20H2,1-3H3,(H,39,46,47)/t23?,24-,28?/m1/s1. The lowest BCUT2D eigenvalue weighted by Crippen LogP contribution is -2.48. The second kappa shape index (κ2) is 13.5. The van der Waals surface area contributed by atoms with Crippen LogP contribution >= 0.6 is 15.9 Å². The Labute approximate surface area is 296 Å². The quantitative estimate of drug-likeness (QED) is 0.283. The number of aryl methyl sites for hydroxylation is 2. The lowest BCUT2D eigenvalue weighted by atomic mass is 9.87. The first-order valence-electron chi connectivity index (χ1n) is 16.8. The number of imidazole rings is 1. The van der Waals surface area contributed by atoms with Crippen LogP contribution in [-0.4, -0.2) is 98.8 Å². The molecule has 0 aliphatic carbocycles. The average Bonchev–Trinajstić information content (AvgIpc) is 3.36. The number of carbonyl (C=O) groups is 3. The molecule has 2 aromatic heterocycles. The number of anilines is 2. The maximum atomic E-state index is 13.5. The van der Waals surface area contributed by atoms with Gasteiger partial charge in [0.05, 0.1) is 22.9 Å². The van der Waals surface area contributed by atoms with Crippen LogP contribution in [0.5, 0.6) is 0 Å². The Bertz CT molecular complexity index is 2100. The summed E-state index contributed by atoms with van der Waals surface area (Å²) in [7, 11) is 5.40. The zero-order valence-electron chi connectivity index (χ0n) is 28.3. The number of aromatic nitrogens is 4. The van der Waals surface area contributed by atoms with Gasteiger partial charge < -0.3 is 20.0 Å². The highest BCUT2D eigenvalue weighted by Gasteiger charge is 2.32. The highest BCUT2D eigenvalue weighted by atomic mass is 79.9. The third-order valence-electron chi connectivity index (χ3n) is 10.2. The number of likely N-dealkylation sites (tertiary alicyclic amines) is 1. The molecule has 3 atom stereocenters. The molecular formula is C35H40BrN9O5. The third kappa shape index (κ3) is 6.35. The van der Waals surface area contributed by atoms with E-state index >= 15 is 0 Å². The lowest BCUT2D eigenvalue weighted by molar-refractivity contribution is -0.135. The summed E-state index contributed by atoms with van der Waals surface area (Å²) in [5, 5.41) is 9.99. The number of nitrogens with zero attached hydrogens (tertiary/aromatic N) is 7. The van der Waals surface area contributed by atoms with E-state index in [1.165, 1.54) is 19.4 Å². The van der Waals surface area contributed by atoms with E-state index in [0.29, 0.717) is 52.9 Å². The van der Waals surface area contributed by atoms with Gasteiger partial charge in [-0.3, -0.25) is 33.6 Å². The Kier molecular flexibility index (Phi) is 9.11. The van der Waals surface area contributed by atoms with Crippen LogP contribution in [0.3, 0.4) is 0 Å². The van der Waals surface area contributed by atoms with Crippen molar-refractivity contribution in [2.75, 3.05) is 56.5 Å². The molecule has 5 heterocycles. The molecule has 3 aliphatic rings. The SMILES string of the molecule is CN1CC(c2ccc(C(=O)N3CCN(c4ccc5c(c4)n(C)c(=O)n5C4CCC(=O)NC4=O)CC3)cc2)C[C@@H](Nc2cnn(C)c(=O)c2Br)C1. The number of rotatable bonds is 6. The maximum Gasteiger partial charge on any atom is 0.329 e. The van der Waals surface area contributed by atoms with E-state index in [1.807, 2.05) is 35.2 Å². The van der Waals surface area contributed by atoms with Gasteiger partial charge >= 0.3 is 5.69 Å². The van der Waals surface area contributed by atoms with Crippen molar-refractivity contribution >= 4 is 56.1 Å². The first-order chi connectivity index (χ1) is 24.0. The first-order valence-corrected chi connectivity index (χ1v) is 17.6. The smallest absolute Gasteiger partial charge is 0.329 e. The number of likely N-dealkylation sites (N-methyl/N-ethyl adjacent to an activating group) is 1. The third-order valence-corrected chi connectivity index (χ3v) is 11.0. The Morgan fingerprint density at radius 3 is 2.40 bits per heavy atom. The highest BCUT2D eigenvalue weighted by molar-refractivity contribution is 9.10. The summed E-state index contributed by atoms with van der Waals surface area (Å²) in [6.45, 7) is 4.12. The summed E-state index contributed by atoms with van der Waals surface area (Å²) in [5.41, 5.74) is 4.31. The molecule has 0 spiro atoms. The lowest BCUT2D eigenvalue weighted by Gasteiger charge is -2.37. The molecule has 4 aromatic rings. The minimum absolute atomic E-state index is 0.00122. The van der Waals surface area contributed by atoms with Gasteiger partial charge in [0, 0.05) is 77.1 Å². The Hall–Kier alpha value is -4.76. The van der Waals surface area contributed by atoms with Crippen molar-refractivity contribution in [2.24, 2.45) is 14.1 Å². The molecule has 0 saturated carbocycles. The molecule has 3 amide bonds. The molecule has 2 aromatic carbocycles. The predicted molar refractivity (Wildman–Crippen MR) is 193 cm³/mol. The van der Waals surface area contributed by atoms with Gasteiger partial charge in [-0.25, -0.2) is 9.48 Å². The summed E-state index contributed by atoms with van der Waals surface area (Å²) >= 11 is 3.41. The predicted octanol–water partition coefficient (Wildman–Crippen LogP) is 2.04. The number of hydrogen-bond donors (Lipinski definition) is 2. The molecule has 7 rings (SSSR count). The molecular weight excluding hydrogens is 706 g/mol. The zero-order chi connectivity index (χ0) is 35.3. The molecule has 3 aliphatic heterocycles.